The smallest absolute Gasteiger partial charge is 0.124 e. The van der Waals surface area contributed by atoms with Crippen LogP contribution in [0.4, 0.5) is 0 Å². The maximum Gasteiger partial charge on any atom is 0.124 e. The first kappa shape index (κ1) is 43.5. The van der Waals surface area contributed by atoms with Gasteiger partial charge < -0.3 is 15.3 Å². The monoisotopic (exact) mass is 821 g/mol. The molecule has 9 rings (SSSR count). The molecule has 0 amide bonds. The van der Waals surface area contributed by atoms with Crippen molar-refractivity contribution in [2.24, 2.45) is 0 Å². The summed E-state index contributed by atoms with van der Waals surface area (Å²) in [6, 6.07) is 14.0. The molecule has 0 spiro atoms. The summed E-state index contributed by atoms with van der Waals surface area (Å²) < 4.78 is 0. The lowest BCUT2D eigenvalue weighted by Gasteiger charge is -2.36. The van der Waals surface area contributed by atoms with Crippen molar-refractivity contribution in [3.63, 3.8) is 0 Å². The summed E-state index contributed by atoms with van der Waals surface area (Å²) in [4.78, 5) is 15.1. The third kappa shape index (κ3) is 9.57. The summed E-state index contributed by atoms with van der Waals surface area (Å²) in [5.74, 6) is 1.38. The number of rotatable bonds is 15. The number of hydrogen-bond donors (Lipinski definition) is 3. The zero-order valence-electron chi connectivity index (χ0n) is 36.2. The molecule has 6 saturated heterocycles. The molecule has 0 atom stereocenters. The molecule has 0 saturated carbocycles. The molecule has 6 aliphatic heterocycles. The van der Waals surface area contributed by atoms with Gasteiger partial charge in [-0.05, 0) is 216 Å². The fourth-order valence-electron chi connectivity index (χ4n) is 11.5. The summed E-state index contributed by atoms with van der Waals surface area (Å²) in [7, 11) is 0. The summed E-state index contributed by atoms with van der Waals surface area (Å²) in [5.41, 5.74) is 9.04. The van der Waals surface area contributed by atoms with Gasteiger partial charge in [0, 0.05) is 78.1 Å². The van der Waals surface area contributed by atoms with Crippen LogP contribution in [0.25, 0.3) is 0 Å². The predicted molar refractivity (Wildman–Crippen MR) is 244 cm³/mol. The Morgan fingerprint density at radius 2 is 0.483 bits per heavy atom. The molecule has 60 heavy (non-hydrogen) atoms. The quantitative estimate of drug-likeness (QED) is 0.131. The van der Waals surface area contributed by atoms with Gasteiger partial charge in [-0.25, -0.2) is 0 Å². The van der Waals surface area contributed by atoms with Crippen LogP contribution < -0.4 is 0 Å². The Kier molecular flexibility index (Phi) is 14.1. The highest BCUT2D eigenvalue weighted by Gasteiger charge is 2.37. The minimum Gasteiger partial charge on any atom is -0.507 e. The van der Waals surface area contributed by atoms with Crippen LogP contribution in [0.2, 0.25) is 0 Å². The normalized spacial score (nSPS) is 21.6. The van der Waals surface area contributed by atoms with Gasteiger partial charge >= 0.3 is 0 Å². The van der Waals surface area contributed by atoms with E-state index in [9.17, 15) is 15.3 Å². The molecule has 3 N–H and O–H groups in total. The van der Waals surface area contributed by atoms with Gasteiger partial charge in [0.05, 0.1) is 0 Å². The molecular formula is C51H76N6O3. The maximum absolute atomic E-state index is 12.2. The lowest BCUT2D eigenvalue weighted by atomic mass is 9.68. The third-order valence-electron chi connectivity index (χ3n) is 15.1. The van der Waals surface area contributed by atoms with E-state index in [4.69, 9.17) is 0 Å². The molecule has 6 aliphatic rings. The van der Waals surface area contributed by atoms with Gasteiger partial charge in [0.15, 0.2) is 0 Å². The zero-order valence-corrected chi connectivity index (χ0v) is 36.2. The van der Waals surface area contributed by atoms with Crippen molar-refractivity contribution >= 4 is 0 Å². The largest absolute Gasteiger partial charge is 0.507 e. The zero-order chi connectivity index (χ0) is 40.3. The molecule has 3 aromatic rings. The second kappa shape index (κ2) is 19.5. The number of likely N-dealkylation sites (tertiary alicyclic amines) is 6. The van der Waals surface area contributed by atoms with Crippen molar-refractivity contribution in [3.05, 3.63) is 86.5 Å². The van der Waals surface area contributed by atoms with Crippen molar-refractivity contribution in [1.82, 2.24) is 29.4 Å². The lowest BCUT2D eigenvalue weighted by molar-refractivity contribution is 0.310. The van der Waals surface area contributed by atoms with Gasteiger partial charge in [0.2, 0.25) is 0 Å². The molecule has 0 bridgehead atoms. The Morgan fingerprint density at radius 1 is 0.333 bits per heavy atom. The standard InChI is InChI=1S/C50H72N6O3.CH4/c1-50(44-26-38(32-51-14-2-3-15-51)47(57)39(27-44)33-52-16-4-5-17-52,45-28-40(34-53-18-6-7-19-53)48(58)41(29-45)35-54-20-8-9-21-54)46-30-42(36-55-22-10-11-23-55)49(59)43(31-46)37-56-24-12-13-25-56;/h26-31,57-59H,2-25,32-37H2,1H3;1H4. The van der Waals surface area contributed by atoms with Crippen LogP contribution in [0, 0.1) is 0 Å². The summed E-state index contributed by atoms with van der Waals surface area (Å²) in [6.45, 7) is 19.7. The van der Waals surface area contributed by atoms with Crippen LogP contribution in [0.3, 0.4) is 0 Å². The van der Waals surface area contributed by atoms with E-state index in [2.05, 4.69) is 72.7 Å². The van der Waals surface area contributed by atoms with E-state index < -0.39 is 5.41 Å². The third-order valence-corrected chi connectivity index (χ3v) is 15.1. The van der Waals surface area contributed by atoms with Crippen molar-refractivity contribution in [2.75, 3.05) is 78.5 Å². The van der Waals surface area contributed by atoms with Gasteiger partial charge in [-0.1, -0.05) is 7.43 Å². The van der Waals surface area contributed by atoms with Crippen LogP contribution in [0.1, 0.15) is 141 Å². The Morgan fingerprint density at radius 3 is 0.633 bits per heavy atom. The molecule has 9 nitrogen and oxygen atoms in total. The average molecular weight is 821 g/mol. The fraction of sp³-hybridized carbons (Fsp3) is 0.647. The topological polar surface area (TPSA) is 80.1 Å². The second-order valence-electron chi connectivity index (χ2n) is 19.5. The minimum atomic E-state index is -0.645. The number of phenolic OH excluding ortho intramolecular Hbond substituents is 3. The number of nitrogens with zero attached hydrogens (tertiary/aromatic N) is 6. The number of aromatic hydroxyl groups is 3. The van der Waals surface area contributed by atoms with E-state index in [1.807, 2.05) is 0 Å². The van der Waals surface area contributed by atoms with E-state index in [0.29, 0.717) is 17.2 Å². The van der Waals surface area contributed by atoms with Crippen LogP contribution >= 0.6 is 0 Å². The van der Waals surface area contributed by atoms with Gasteiger partial charge in [-0.15, -0.1) is 0 Å². The first-order chi connectivity index (χ1) is 28.8. The van der Waals surface area contributed by atoms with Gasteiger partial charge in [0.25, 0.3) is 0 Å². The number of hydrogen-bond acceptors (Lipinski definition) is 9. The van der Waals surface area contributed by atoms with E-state index in [1.54, 1.807) is 0 Å². The van der Waals surface area contributed by atoms with Crippen LogP contribution in [-0.2, 0) is 44.7 Å². The lowest BCUT2D eigenvalue weighted by Crippen LogP contribution is -2.30. The average Bonchev–Trinajstić information content (AvgIpc) is 4.08. The Hall–Kier alpha value is -3.18. The van der Waals surface area contributed by atoms with Gasteiger partial charge in [0.1, 0.15) is 17.2 Å². The van der Waals surface area contributed by atoms with Crippen LogP contribution in [0.15, 0.2) is 36.4 Å². The molecule has 9 heteroatoms. The van der Waals surface area contributed by atoms with E-state index in [-0.39, 0.29) is 7.43 Å². The SMILES string of the molecule is C.CC(c1cc(CN2CCCC2)c(O)c(CN2CCCC2)c1)(c1cc(CN2CCCC2)c(O)c(CN2CCCC2)c1)c1cc(CN2CCCC2)c(O)c(CN2CCCC2)c1. The van der Waals surface area contributed by atoms with Gasteiger partial charge in [-0.2, -0.15) is 0 Å². The second-order valence-corrected chi connectivity index (χ2v) is 19.5. The predicted octanol–water partition coefficient (Wildman–Crippen LogP) is 8.37. The summed E-state index contributed by atoms with van der Waals surface area (Å²) >= 11 is 0. The number of phenols is 3. The highest BCUT2D eigenvalue weighted by molar-refractivity contribution is 5.60. The Labute approximate surface area is 362 Å². The van der Waals surface area contributed by atoms with Crippen LogP contribution in [-0.4, -0.2) is 123 Å². The molecule has 0 aromatic heterocycles. The Balaban J connectivity index is 0.00000499. The van der Waals surface area contributed by atoms with Crippen LogP contribution in [0.5, 0.6) is 17.2 Å². The highest BCUT2D eigenvalue weighted by Crippen LogP contribution is 2.46. The molecule has 328 valence electrons. The Bertz CT molecular complexity index is 1560. The molecule has 0 unspecified atom stereocenters. The van der Waals surface area contributed by atoms with Crippen molar-refractivity contribution in [3.8, 4) is 17.2 Å². The van der Waals surface area contributed by atoms with E-state index in [0.717, 1.165) is 151 Å². The minimum absolute atomic E-state index is 0. The van der Waals surface area contributed by atoms with Crippen molar-refractivity contribution < 1.29 is 15.3 Å². The van der Waals surface area contributed by atoms with Crippen molar-refractivity contribution in [1.29, 1.82) is 0 Å². The summed E-state index contributed by atoms with van der Waals surface area (Å²) in [5, 5.41) is 36.6. The highest BCUT2D eigenvalue weighted by atomic mass is 16.3. The molecule has 0 radical (unpaired) electrons. The molecule has 6 fully saturated rings. The molecular weight excluding hydrogens is 745 g/mol. The van der Waals surface area contributed by atoms with E-state index in [1.165, 1.54) is 93.7 Å². The van der Waals surface area contributed by atoms with E-state index >= 15 is 0 Å². The summed E-state index contributed by atoms with van der Waals surface area (Å²) in [6.07, 6.45) is 14.5. The van der Waals surface area contributed by atoms with Gasteiger partial charge in [-0.3, -0.25) is 29.4 Å². The fourth-order valence-corrected chi connectivity index (χ4v) is 11.5. The number of benzene rings is 3. The first-order valence-electron chi connectivity index (χ1n) is 23.7. The molecule has 0 aliphatic carbocycles. The molecule has 6 heterocycles. The van der Waals surface area contributed by atoms with Crippen molar-refractivity contribution in [2.45, 2.75) is 136 Å². The molecule has 3 aromatic carbocycles. The maximum atomic E-state index is 12.2. The first-order valence-corrected chi connectivity index (χ1v) is 23.7.